The predicted octanol–water partition coefficient (Wildman–Crippen LogP) is 2.72. The SMILES string of the molecule is O=Cc1ccc(-c2ccc(Br)cc2)nn1. The van der Waals surface area contributed by atoms with Gasteiger partial charge in [0.05, 0.1) is 5.69 Å². The molecule has 0 aliphatic rings. The van der Waals surface area contributed by atoms with Crippen molar-refractivity contribution in [1.29, 1.82) is 0 Å². The van der Waals surface area contributed by atoms with E-state index in [0.717, 1.165) is 15.7 Å². The Morgan fingerprint density at radius 3 is 2.27 bits per heavy atom. The highest BCUT2D eigenvalue weighted by Gasteiger charge is 2.00. The number of carbonyl (C=O) groups excluding carboxylic acids is 1. The monoisotopic (exact) mass is 262 g/mol. The highest BCUT2D eigenvalue weighted by atomic mass is 79.9. The van der Waals surface area contributed by atoms with Gasteiger partial charge in [0.25, 0.3) is 0 Å². The highest BCUT2D eigenvalue weighted by molar-refractivity contribution is 9.10. The number of hydrogen-bond donors (Lipinski definition) is 0. The Morgan fingerprint density at radius 1 is 1.00 bits per heavy atom. The summed E-state index contributed by atoms with van der Waals surface area (Å²) in [5.41, 5.74) is 2.08. The van der Waals surface area contributed by atoms with Crippen LogP contribution in [0.5, 0.6) is 0 Å². The van der Waals surface area contributed by atoms with E-state index in [1.807, 2.05) is 24.3 Å². The summed E-state index contributed by atoms with van der Waals surface area (Å²) in [5.74, 6) is 0. The maximum absolute atomic E-state index is 10.4. The Labute approximate surface area is 95.3 Å². The molecule has 0 saturated heterocycles. The van der Waals surface area contributed by atoms with Crippen molar-refractivity contribution in [3.8, 4) is 11.3 Å². The molecule has 4 heteroatoms. The molecule has 1 aromatic heterocycles. The van der Waals surface area contributed by atoms with E-state index in [2.05, 4.69) is 26.1 Å². The van der Waals surface area contributed by atoms with E-state index in [1.165, 1.54) is 0 Å². The summed E-state index contributed by atoms with van der Waals surface area (Å²) >= 11 is 3.36. The number of rotatable bonds is 2. The fourth-order valence-electron chi connectivity index (χ4n) is 1.18. The van der Waals surface area contributed by atoms with Crippen LogP contribution in [0.25, 0.3) is 11.3 Å². The number of benzene rings is 1. The van der Waals surface area contributed by atoms with Gasteiger partial charge in [-0.1, -0.05) is 28.1 Å². The van der Waals surface area contributed by atoms with Crippen LogP contribution in [0, 0.1) is 0 Å². The highest BCUT2D eigenvalue weighted by Crippen LogP contribution is 2.18. The van der Waals surface area contributed by atoms with Gasteiger partial charge >= 0.3 is 0 Å². The summed E-state index contributed by atoms with van der Waals surface area (Å²) in [6.07, 6.45) is 0.679. The van der Waals surface area contributed by atoms with Crippen LogP contribution in [-0.2, 0) is 0 Å². The summed E-state index contributed by atoms with van der Waals surface area (Å²) < 4.78 is 1.02. The zero-order valence-corrected chi connectivity index (χ0v) is 9.31. The molecular weight excluding hydrogens is 256 g/mol. The number of aromatic nitrogens is 2. The second-order valence-electron chi connectivity index (χ2n) is 2.97. The summed E-state index contributed by atoms with van der Waals surface area (Å²) in [7, 11) is 0. The minimum Gasteiger partial charge on any atom is -0.296 e. The lowest BCUT2D eigenvalue weighted by Crippen LogP contribution is -1.92. The molecule has 74 valence electrons. The molecule has 0 atom stereocenters. The summed E-state index contributed by atoms with van der Waals surface area (Å²) in [6.45, 7) is 0. The Bertz CT molecular complexity index is 465. The van der Waals surface area contributed by atoms with Crippen LogP contribution in [0.1, 0.15) is 10.5 Å². The average Bonchev–Trinajstić information content (AvgIpc) is 2.30. The molecule has 0 aliphatic carbocycles. The quantitative estimate of drug-likeness (QED) is 0.782. The van der Waals surface area contributed by atoms with Crippen molar-refractivity contribution in [2.75, 3.05) is 0 Å². The molecule has 1 aromatic carbocycles. The van der Waals surface area contributed by atoms with Crippen LogP contribution in [0.4, 0.5) is 0 Å². The topological polar surface area (TPSA) is 42.9 Å². The molecule has 3 nitrogen and oxygen atoms in total. The Hall–Kier alpha value is -1.55. The van der Waals surface area contributed by atoms with Gasteiger partial charge in [0.2, 0.25) is 0 Å². The van der Waals surface area contributed by atoms with Gasteiger partial charge in [-0.3, -0.25) is 4.79 Å². The van der Waals surface area contributed by atoms with Gasteiger partial charge in [0, 0.05) is 10.0 Å². The lowest BCUT2D eigenvalue weighted by atomic mass is 10.1. The Morgan fingerprint density at radius 2 is 1.73 bits per heavy atom. The normalized spacial score (nSPS) is 9.93. The van der Waals surface area contributed by atoms with Crippen LogP contribution in [0.15, 0.2) is 40.9 Å². The predicted molar refractivity (Wildman–Crippen MR) is 60.6 cm³/mol. The van der Waals surface area contributed by atoms with Crippen molar-refractivity contribution in [1.82, 2.24) is 10.2 Å². The first kappa shape index (κ1) is 9.98. The fraction of sp³-hybridized carbons (Fsp3) is 0. The van der Waals surface area contributed by atoms with E-state index in [9.17, 15) is 4.79 Å². The lowest BCUT2D eigenvalue weighted by Gasteiger charge is -1.99. The van der Waals surface area contributed by atoms with Crippen molar-refractivity contribution >= 4 is 22.2 Å². The fourth-order valence-corrected chi connectivity index (χ4v) is 1.44. The van der Waals surface area contributed by atoms with Crippen LogP contribution < -0.4 is 0 Å². The molecule has 2 rings (SSSR count). The van der Waals surface area contributed by atoms with E-state index in [1.54, 1.807) is 12.1 Å². The van der Waals surface area contributed by atoms with Gasteiger partial charge in [-0.25, -0.2) is 0 Å². The van der Waals surface area contributed by atoms with Crippen LogP contribution in [0.3, 0.4) is 0 Å². The minimum absolute atomic E-state index is 0.343. The summed E-state index contributed by atoms with van der Waals surface area (Å²) in [6, 6.07) is 11.2. The average molecular weight is 263 g/mol. The first-order valence-electron chi connectivity index (χ1n) is 4.34. The third kappa shape index (κ3) is 2.27. The molecule has 0 saturated carbocycles. The molecule has 0 aliphatic heterocycles. The molecule has 0 N–H and O–H groups in total. The molecular formula is C11H7BrN2O. The number of nitrogens with zero attached hydrogens (tertiary/aromatic N) is 2. The zero-order valence-electron chi connectivity index (χ0n) is 7.72. The summed E-state index contributed by atoms with van der Waals surface area (Å²) in [5, 5.41) is 7.72. The minimum atomic E-state index is 0.343. The maximum atomic E-state index is 10.4. The number of carbonyl (C=O) groups is 1. The van der Waals surface area contributed by atoms with Crippen LogP contribution in [-0.4, -0.2) is 16.5 Å². The van der Waals surface area contributed by atoms with Crippen molar-refractivity contribution in [2.24, 2.45) is 0 Å². The van der Waals surface area contributed by atoms with Gasteiger partial charge in [-0.05, 0) is 24.3 Å². The smallest absolute Gasteiger partial charge is 0.170 e. The van der Waals surface area contributed by atoms with Crippen molar-refractivity contribution < 1.29 is 4.79 Å². The van der Waals surface area contributed by atoms with E-state index >= 15 is 0 Å². The first-order chi connectivity index (χ1) is 7.29. The van der Waals surface area contributed by atoms with E-state index < -0.39 is 0 Å². The van der Waals surface area contributed by atoms with Crippen molar-refractivity contribution in [3.05, 3.63) is 46.6 Å². The molecule has 0 amide bonds. The lowest BCUT2D eigenvalue weighted by molar-refractivity contribution is 0.111. The third-order valence-corrected chi connectivity index (χ3v) is 2.47. The van der Waals surface area contributed by atoms with E-state index in [-0.39, 0.29) is 0 Å². The number of halogens is 1. The van der Waals surface area contributed by atoms with Gasteiger partial charge in [-0.15, -0.1) is 10.2 Å². The van der Waals surface area contributed by atoms with Gasteiger partial charge in [-0.2, -0.15) is 0 Å². The Balaban J connectivity index is 2.37. The van der Waals surface area contributed by atoms with Crippen molar-refractivity contribution in [3.63, 3.8) is 0 Å². The van der Waals surface area contributed by atoms with Crippen LogP contribution >= 0.6 is 15.9 Å². The molecule has 0 radical (unpaired) electrons. The van der Waals surface area contributed by atoms with Gasteiger partial charge < -0.3 is 0 Å². The van der Waals surface area contributed by atoms with Crippen LogP contribution in [0.2, 0.25) is 0 Å². The van der Waals surface area contributed by atoms with E-state index in [4.69, 9.17) is 0 Å². The van der Waals surface area contributed by atoms with Crippen molar-refractivity contribution in [2.45, 2.75) is 0 Å². The number of aldehydes is 1. The third-order valence-electron chi connectivity index (χ3n) is 1.95. The molecule has 15 heavy (non-hydrogen) atoms. The molecule has 2 aromatic rings. The number of hydrogen-bond acceptors (Lipinski definition) is 3. The molecule has 0 spiro atoms. The van der Waals surface area contributed by atoms with E-state index in [0.29, 0.717) is 12.0 Å². The molecule has 0 fully saturated rings. The van der Waals surface area contributed by atoms with Gasteiger partial charge in [0.15, 0.2) is 6.29 Å². The zero-order chi connectivity index (χ0) is 10.7. The standard InChI is InChI=1S/C11H7BrN2O/c12-9-3-1-8(2-4-9)11-6-5-10(7-15)13-14-11/h1-7H. The second kappa shape index (κ2) is 4.31. The summed E-state index contributed by atoms with van der Waals surface area (Å²) in [4.78, 5) is 10.4. The Kier molecular flexibility index (Phi) is 2.87. The first-order valence-corrected chi connectivity index (χ1v) is 5.14. The van der Waals surface area contributed by atoms with Gasteiger partial charge in [0.1, 0.15) is 5.69 Å². The second-order valence-corrected chi connectivity index (χ2v) is 3.88. The molecule has 0 bridgehead atoms. The molecule has 1 heterocycles. The maximum Gasteiger partial charge on any atom is 0.170 e. The molecule has 0 unspecified atom stereocenters. The largest absolute Gasteiger partial charge is 0.296 e.